The molecular formula is C93H182O6. The number of unbranched alkanes of at least 4 members (excludes halogenated alkanes) is 78. The van der Waals surface area contributed by atoms with Gasteiger partial charge in [0.1, 0.15) is 13.2 Å². The molecule has 0 rings (SSSR count). The van der Waals surface area contributed by atoms with Crippen molar-refractivity contribution in [3.8, 4) is 0 Å². The Morgan fingerprint density at radius 2 is 0.273 bits per heavy atom. The number of carbonyl (C=O) groups excluding carboxylic acids is 3. The van der Waals surface area contributed by atoms with Gasteiger partial charge in [0, 0.05) is 19.3 Å². The lowest BCUT2D eigenvalue weighted by atomic mass is 10.0. The molecule has 0 unspecified atom stereocenters. The first-order valence-corrected chi connectivity index (χ1v) is 46.5. The lowest BCUT2D eigenvalue weighted by Gasteiger charge is -2.18. The third kappa shape index (κ3) is 87.0. The normalized spacial score (nSPS) is 11.6. The minimum absolute atomic E-state index is 0.0591. The van der Waals surface area contributed by atoms with E-state index in [0.717, 1.165) is 57.8 Å². The average Bonchev–Trinajstić information content (AvgIpc) is 2.35. The van der Waals surface area contributed by atoms with Crippen LogP contribution in [0.1, 0.15) is 560 Å². The zero-order valence-electron chi connectivity index (χ0n) is 68.3. The monoisotopic (exact) mass is 1400 g/mol. The van der Waals surface area contributed by atoms with Gasteiger partial charge >= 0.3 is 17.9 Å². The van der Waals surface area contributed by atoms with Gasteiger partial charge in [-0.3, -0.25) is 14.4 Å². The number of ether oxygens (including phenoxy) is 3. The molecule has 6 nitrogen and oxygen atoms in total. The second kappa shape index (κ2) is 88.8. The molecule has 0 aromatic carbocycles. The van der Waals surface area contributed by atoms with Gasteiger partial charge in [-0.2, -0.15) is 0 Å². The van der Waals surface area contributed by atoms with Crippen molar-refractivity contribution in [2.45, 2.75) is 566 Å². The lowest BCUT2D eigenvalue weighted by molar-refractivity contribution is -0.167. The van der Waals surface area contributed by atoms with E-state index in [1.807, 2.05) is 0 Å². The first kappa shape index (κ1) is 97.4. The summed E-state index contributed by atoms with van der Waals surface area (Å²) in [6, 6.07) is 0. The molecular weight excluding hydrogens is 1210 g/mol. The Morgan fingerprint density at radius 1 is 0.162 bits per heavy atom. The minimum Gasteiger partial charge on any atom is -0.462 e. The Kier molecular flexibility index (Phi) is 87.4. The first-order chi connectivity index (χ1) is 49.0. The van der Waals surface area contributed by atoms with Crippen LogP contribution < -0.4 is 0 Å². The van der Waals surface area contributed by atoms with Crippen molar-refractivity contribution in [2.24, 2.45) is 0 Å². The van der Waals surface area contributed by atoms with Gasteiger partial charge in [0.25, 0.3) is 0 Å². The largest absolute Gasteiger partial charge is 0.462 e. The Labute approximate surface area is 622 Å². The van der Waals surface area contributed by atoms with Crippen LogP contribution in [0.2, 0.25) is 0 Å². The fourth-order valence-electron chi connectivity index (χ4n) is 15.2. The topological polar surface area (TPSA) is 78.9 Å². The molecule has 0 amide bonds. The van der Waals surface area contributed by atoms with E-state index in [1.54, 1.807) is 0 Å². The van der Waals surface area contributed by atoms with Crippen LogP contribution in [0.3, 0.4) is 0 Å². The van der Waals surface area contributed by atoms with Crippen molar-refractivity contribution in [3.05, 3.63) is 0 Å². The van der Waals surface area contributed by atoms with Crippen molar-refractivity contribution in [2.75, 3.05) is 13.2 Å². The molecule has 0 aromatic heterocycles. The molecule has 0 aliphatic carbocycles. The molecule has 0 aromatic rings. The van der Waals surface area contributed by atoms with Gasteiger partial charge in [-0.05, 0) is 19.3 Å². The molecule has 0 saturated heterocycles. The van der Waals surface area contributed by atoms with E-state index < -0.39 is 6.10 Å². The van der Waals surface area contributed by atoms with E-state index >= 15 is 0 Å². The molecule has 0 fully saturated rings. The molecule has 0 aliphatic rings. The zero-order valence-corrected chi connectivity index (χ0v) is 68.3. The van der Waals surface area contributed by atoms with Gasteiger partial charge in [-0.1, -0.05) is 522 Å². The minimum atomic E-state index is -0.767. The molecule has 0 radical (unpaired) electrons. The summed E-state index contributed by atoms with van der Waals surface area (Å²) in [5.41, 5.74) is 0. The predicted octanol–water partition coefficient (Wildman–Crippen LogP) is 32.8. The maximum atomic E-state index is 13.1. The second-order valence-corrected chi connectivity index (χ2v) is 32.3. The highest BCUT2D eigenvalue weighted by Crippen LogP contribution is 2.22. The van der Waals surface area contributed by atoms with Crippen LogP contribution in [-0.4, -0.2) is 37.2 Å². The summed E-state index contributed by atoms with van der Waals surface area (Å²) in [7, 11) is 0. The highest BCUT2D eigenvalue weighted by molar-refractivity contribution is 5.71. The van der Waals surface area contributed by atoms with Crippen LogP contribution in [0.4, 0.5) is 0 Å². The van der Waals surface area contributed by atoms with E-state index in [-0.39, 0.29) is 31.1 Å². The fourth-order valence-corrected chi connectivity index (χ4v) is 15.2. The van der Waals surface area contributed by atoms with E-state index in [1.165, 1.54) is 462 Å². The van der Waals surface area contributed by atoms with Crippen LogP contribution in [0.25, 0.3) is 0 Å². The molecule has 0 bridgehead atoms. The first-order valence-electron chi connectivity index (χ1n) is 46.5. The molecule has 0 heterocycles. The summed E-state index contributed by atoms with van der Waals surface area (Å²) >= 11 is 0. The summed E-state index contributed by atoms with van der Waals surface area (Å²) in [4.78, 5) is 38.9. The summed E-state index contributed by atoms with van der Waals surface area (Å²) in [5.74, 6) is -0.801. The lowest BCUT2D eigenvalue weighted by Crippen LogP contribution is -2.30. The number of hydrogen-bond donors (Lipinski definition) is 0. The van der Waals surface area contributed by atoms with Crippen LogP contribution in [0.15, 0.2) is 0 Å². The van der Waals surface area contributed by atoms with Gasteiger partial charge in [0.2, 0.25) is 0 Å². The van der Waals surface area contributed by atoms with Crippen molar-refractivity contribution in [1.29, 1.82) is 0 Å². The molecule has 0 aliphatic heterocycles. The van der Waals surface area contributed by atoms with Crippen LogP contribution in [0, 0.1) is 0 Å². The molecule has 99 heavy (non-hydrogen) atoms. The third-order valence-corrected chi connectivity index (χ3v) is 22.1. The standard InChI is InChI=1S/C93H182O6/c1-4-7-10-13-16-19-22-25-28-31-34-37-40-43-46-49-52-55-58-61-64-67-70-73-76-79-82-85-91(94)97-88-90(99-93(96)87-84-81-78-75-72-69-66-63-60-57-54-51-48-45-42-39-36-33-30-27-24-21-18-15-12-9-6-3)89-98-92(95)86-83-80-77-74-71-68-65-62-59-56-53-50-47-44-41-38-35-32-29-26-23-20-17-14-11-8-5-2/h90H,4-89H2,1-3H3. The molecule has 0 saturated carbocycles. The van der Waals surface area contributed by atoms with Gasteiger partial charge in [0.05, 0.1) is 0 Å². The number of rotatable bonds is 89. The van der Waals surface area contributed by atoms with Crippen molar-refractivity contribution in [3.63, 3.8) is 0 Å². The van der Waals surface area contributed by atoms with Gasteiger partial charge in [0.15, 0.2) is 6.10 Å². The maximum Gasteiger partial charge on any atom is 0.306 e. The Morgan fingerprint density at radius 3 is 0.404 bits per heavy atom. The highest BCUT2D eigenvalue weighted by atomic mass is 16.6. The Bertz CT molecular complexity index is 1440. The number of hydrogen-bond acceptors (Lipinski definition) is 6. The smallest absolute Gasteiger partial charge is 0.306 e. The zero-order chi connectivity index (χ0) is 71.2. The van der Waals surface area contributed by atoms with Crippen molar-refractivity contribution < 1.29 is 28.6 Å². The number of carbonyl (C=O) groups is 3. The predicted molar refractivity (Wildman–Crippen MR) is 437 cm³/mol. The van der Waals surface area contributed by atoms with E-state index in [0.29, 0.717) is 19.3 Å². The summed E-state index contributed by atoms with van der Waals surface area (Å²) in [6.07, 6.45) is 111. The SMILES string of the molecule is CCCCCCCCCCCCCCCCCCCCCCCCCCCCCC(=O)OCC(COC(=O)CCCCCCCCCCCCCCCCCCCCCCCCCCCCC)OC(=O)CCCCCCCCCCCCCCCCCCCCCCCCCCCCC. The average molecular weight is 1400 g/mol. The molecule has 6 heteroatoms. The Balaban J connectivity index is 4.24. The second-order valence-electron chi connectivity index (χ2n) is 32.3. The molecule has 590 valence electrons. The maximum absolute atomic E-state index is 13.1. The number of esters is 3. The fraction of sp³-hybridized carbons (Fsp3) is 0.968. The highest BCUT2D eigenvalue weighted by Gasteiger charge is 2.20. The summed E-state index contributed by atoms with van der Waals surface area (Å²) in [6.45, 7) is 6.79. The van der Waals surface area contributed by atoms with Gasteiger partial charge in [-0.15, -0.1) is 0 Å². The van der Waals surface area contributed by atoms with Gasteiger partial charge < -0.3 is 14.2 Å². The Hall–Kier alpha value is -1.59. The van der Waals surface area contributed by atoms with Crippen molar-refractivity contribution in [1.82, 2.24) is 0 Å². The van der Waals surface area contributed by atoms with E-state index in [2.05, 4.69) is 20.8 Å². The van der Waals surface area contributed by atoms with Crippen molar-refractivity contribution >= 4 is 17.9 Å². The third-order valence-electron chi connectivity index (χ3n) is 22.1. The molecule has 0 N–H and O–H groups in total. The van der Waals surface area contributed by atoms with E-state index in [9.17, 15) is 14.4 Å². The van der Waals surface area contributed by atoms with Crippen LogP contribution in [0.5, 0.6) is 0 Å². The molecule has 0 spiro atoms. The van der Waals surface area contributed by atoms with E-state index in [4.69, 9.17) is 14.2 Å². The van der Waals surface area contributed by atoms with Gasteiger partial charge in [-0.25, -0.2) is 0 Å². The van der Waals surface area contributed by atoms with Crippen LogP contribution in [-0.2, 0) is 28.6 Å². The summed E-state index contributed by atoms with van der Waals surface area (Å²) in [5, 5.41) is 0. The van der Waals surface area contributed by atoms with Crippen LogP contribution >= 0.6 is 0 Å². The summed E-state index contributed by atoms with van der Waals surface area (Å²) < 4.78 is 17.2. The molecule has 0 atom stereocenters. The quantitative estimate of drug-likeness (QED) is 0.0343.